The minimum atomic E-state index is -3.42. The second-order valence-electron chi connectivity index (χ2n) is 4.78. The Labute approximate surface area is 119 Å². The van der Waals surface area contributed by atoms with E-state index in [4.69, 9.17) is 0 Å². The van der Waals surface area contributed by atoms with Gasteiger partial charge in [-0.2, -0.15) is 0 Å². The molecule has 20 heavy (non-hydrogen) atoms. The molecule has 0 saturated heterocycles. The Balaban J connectivity index is 2.17. The van der Waals surface area contributed by atoms with Crippen molar-refractivity contribution in [1.29, 1.82) is 0 Å². The van der Waals surface area contributed by atoms with E-state index in [1.165, 1.54) is 17.7 Å². The van der Waals surface area contributed by atoms with Gasteiger partial charge in [-0.3, -0.25) is 0 Å². The summed E-state index contributed by atoms with van der Waals surface area (Å²) in [5, 5.41) is 0. The van der Waals surface area contributed by atoms with Crippen molar-refractivity contribution in [3.63, 3.8) is 0 Å². The van der Waals surface area contributed by atoms with Crippen LogP contribution in [0.25, 0.3) is 0 Å². The largest absolute Gasteiger partial charge is 0.223 e. The molecule has 2 nitrogen and oxygen atoms in total. The summed E-state index contributed by atoms with van der Waals surface area (Å²) in [6, 6.07) is 12.5. The molecule has 2 rings (SSSR count). The van der Waals surface area contributed by atoms with Crippen molar-refractivity contribution < 1.29 is 12.8 Å². The van der Waals surface area contributed by atoms with Gasteiger partial charge in [0.05, 0.1) is 10.6 Å². The van der Waals surface area contributed by atoms with Crippen molar-refractivity contribution in [2.45, 2.75) is 30.4 Å². The van der Waals surface area contributed by atoms with Gasteiger partial charge in [-0.15, -0.1) is 0 Å². The zero-order chi connectivity index (χ0) is 14.6. The molecule has 0 radical (unpaired) electrons. The highest BCUT2D eigenvalue weighted by atomic mass is 32.2. The molecular weight excluding hydrogens is 275 g/mol. The standard InChI is InChI=1S/C16H17FO2S/c1-2-3-13-4-6-14(7-5-13)12-20(18,19)16-10-8-15(17)9-11-16/h4-11H,2-3,12H2,1H3. The van der Waals surface area contributed by atoms with E-state index in [9.17, 15) is 12.8 Å². The highest BCUT2D eigenvalue weighted by Gasteiger charge is 2.15. The second-order valence-corrected chi connectivity index (χ2v) is 6.77. The summed E-state index contributed by atoms with van der Waals surface area (Å²) < 4.78 is 37.2. The highest BCUT2D eigenvalue weighted by Crippen LogP contribution is 2.17. The van der Waals surface area contributed by atoms with Crippen LogP contribution in [0, 0.1) is 5.82 Å². The quantitative estimate of drug-likeness (QED) is 0.786. The summed E-state index contributed by atoms with van der Waals surface area (Å²) in [4.78, 5) is 0.150. The summed E-state index contributed by atoms with van der Waals surface area (Å²) in [5.41, 5.74) is 1.95. The zero-order valence-corrected chi connectivity index (χ0v) is 12.2. The molecule has 0 unspecified atom stereocenters. The maximum absolute atomic E-state index is 12.8. The smallest absolute Gasteiger partial charge is 0.182 e. The molecule has 0 saturated carbocycles. The van der Waals surface area contributed by atoms with Gasteiger partial charge in [0.2, 0.25) is 0 Å². The minimum absolute atomic E-state index is 0.0644. The summed E-state index contributed by atoms with van der Waals surface area (Å²) >= 11 is 0. The summed E-state index contributed by atoms with van der Waals surface area (Å²) in [7, 11) is -3.42. The third-order valence-electron chi connectivity index (χ3n) is 3.09. The molecule has 4 heteroatoms. The monoisotopic (exact) mass is 292 g/mol. The van der Waals surface area contributed by atoms with Crippen LogP contribution in [0.3, 0.4) is 0 Å². The molecule has 0 fully saturated rings. The first-order chi connectivity index (χ1) is 9.51. The molecule has 0 heterocycles. The highest BCUT2D eigenvalue weighted by molar-refractivity contribution is 7.90. The molecule has 0 aromatic heterocycles. The first kappa shape index (κ1) is 14.7. The van der Waals surface area contributed by atoms with Gasteiger partial charge >= 0.3 is 0 Å². The van der Waals surface area contributed by atoms with Crippen LogP contribution in [0.15, 0.2) is 53.4 Å². The Morgan fingerprint density at radius 3 is 2.00 bits per heavy atom. The number of rotatable bonds is 5. The van der Waals surface area contributed by atoms with Gasteiger partial charge in [0.1, 0.15) is 5.82 Å². The number of halogens is 1. The molecule has 106 valence electrons. The Bertz CT molecular complexity index is 659. The van der Waals surface area contributed by atoms with Crippen molar-refractivity contribution in [1.82, 2.24) is 0 Å². The van der Waals surface area contributed by atoms with Crippen LogP contribution in [-0.4, -0.2) is 8.42 Å². The maximum Gasteiger partial charge on any atom is 0.182 e. The van der Waals surface area contributed by atoms with Crippen LogP contribution in [0.2, 0.25) is 0 Å². The lowest BCUT2D eigenvalue weighted by Crippen LogP contribution is -2.05. The van der Waals surface area contributed by atoms with Crippen molar-refractivity contribution in [3.8, 4) is 0 Å². The van der Waals surface area contributed by atoms with E-state index < -0.39 is 15.7 Å². The number of hydrogen-bond donors (Lipinski definition) is 0. The Morgan fingerprint density at radius 1 is 0.900 bits per heavy atom. The van der Waals surface area contributed by atoms with Gasteiger partial charge in [0.15, 0.2) is 9.84 Å². The van der Waals surface area contributed by atoms with Crippen LogP contribution in [0.5, 0.6) is 0 Å². The fraction of sp³-hybridized carbons (Fsp3) is 0.250. The molecule has 0 bridgehead atoms. The lowest BCUT2D eigenvalue weighted by Gasteiger charge is -2.06. The zero-order valence-electron chi connectivity index (χ0n) is 11.3. The summed E-state index contributed by atoms with van der Waals surface area (Å²) in [5.74, 6) is -0.502. The van der Waals surface area contributed by atoms with Gasteiger partial charge in [-0.1, -0.05) is 37.6 Å². The summed E-state index contributed by atoms with van der Waals surface area (Å²) in [6.45, 7) is 2.10. The molecular formula is C16H17FO2S. The van der Waals surface area contributed by atoms with Crippen molar-refractivity contribution in [2.75, 3.05) is 0 Å². The first-order valence-electron chi connectivity index (χ1n) is 6.57. The molecule has 0 aliphatic rings. The number of hydrogen-bond acceptors (Lipinski definition) is 2. The maximum atomic E-state index is 12.8. The van der Waals surface area contributed by atoms with E-state index in [0.717, 1.165) is 30.5 Å². The molecule has 0 aliphatic heterocycles. The number of sulfone groups is 1. The SMILES string of the molecule is CCCc1ccc(CS(=O)(=O)c2ccc(F)cc2)cc1. The van der Waals surface area contributed by atoms with Crippen LogP contribution in [0.4, 0.5) is 4.39 Å². The fourth-order valence-electron chi connectivity index (χ4n) is 2.04. The van der Waals surface area contributed by atoms with Crippen LogP contribution < -0.4 is 0 Å². The van der Waals surface area contributed by atoms with Crippen molar-refractivity contribution in [2.24, 2.45) is 0 Å². The Morgan fingerprint density at radius 2 is 1.45 bits per heavy atom. The third kappa shape index (κ3) is 3.67. The van der Waals surface area contributed by atoms with E-state index in [0.29, 0.717) is 0 Å². The molecule has 0 aliphatic carbocycles. The summed E-state index contributed by atoms with van der Waals surface area (Å²) in [6.07, 6.45) is 2.05. The topological polar surface area (TPSA) is 34.1 Å². The predicted molar refractivity (Wildman–Crippen MR) is 77.7 cm³/mol. The van der Waals surface area contributed by atoms with Crippen molar-refractivity contribution in [3.05, 3.63) is 65.5 Å². The van der Waals surface area contributed by atoms with E-state index >= 15 is 0 Å². The van der Waals surface area contributed by atoms with Gasteiger partial charge in [-0.25, -0.2) is 12.8 Å². The molecule has 2 aromatic rings. The molecule has 0 N–H and O–H groups in total. The normalized spacial score (nSPS) is 11.5. The van der Waals surface area contributed by atoms with Crippen molar-refractivity contribution >= 4 is 9.84 Å². The van der Waals surface area contributed by atoms with Crippen LogP contribution in [0.1, 0.15) is 24.5 Å². The Hall–Kier alpha value is -1.68. The third-order valence-corrected chi connectivity index (χ3v) is 4.79. The Kier molecular flexibility index (Phi) is 4.55. The number of aryl methyl sites for hydroxylation is 1. The number of benzene rings is 2. The van der Waals surface area contributed by atoms with Gasteiger partial charge in [-0.05, 0) is 41.8 Å². The molecule has 0 amide bonds. The average molecular weight is 292 g/mol. The van der Waals surface area contributed by atoms with E-state index in [2.05, 4.69) is 6.92 Å². The van der Waals surface area contributed by atoms with E-state index in [1.807, 2.05) is 24.3 Å². The second kappa shape index (κ2) is 6.18. The molecule has 2 aromatic carbocycles. The lowest BCUT2D eigenvalue weighted by molar-refractivity contribution is 0.594. The van der Waals surface area contributed by atoms with Gasteiger partial charge < -0.3 is 0 Å². The fourth-order valence-corrected chi connectivity index (χ4v) is 3.38. The molecule has 0 atom stereocenters. The predicted octanol–water partition coefficient (Wildman–Crippen LogP) is 3.75. The molecule has 0 spiro atoms. The lowest BCUT2D eigenvalue weighted by atomic mass is 10.1. The van der Waals surface area contributed by atoms with E-state index in [1.54, 1.807) is 0 Å². The van der Waals surface area contributed by atoms with E-state index in [-0.39, 0.29) is 10.6 Å². The van der Waals surface area contributed by atoms with Crippen LogP contribution >= 0.6 is 0 Å². The van der Waals surface area contributed by atoms with Gasteiger partial charge in [0.25, 0.3) is 0 Å². The minimum Gasteiger partial charge on any atom is -0.223 e. The first-order valence-corrected chi connectivity index (χ1v) is 8.22. The van der Waals surface area contributed by atoms with Crippen LogP contribution in [-0.2, 0) is 22.0 Å². The van der Waals surface area contributed by atoms with Gasteiger partial charge in [0, 0.05) is 0 Å². The average Bonchev–Trinajstić information content (AvgIpc) is 2.41.